The van der Waals surface area contributed by atoms with Crippen LogP contribution >= 0.6 is 0 Å². The first-order valence-electron chi connectivity index (χ1n) is 17.3. The fourth-order valence-electron chi connectivity index (χ4n) is 6.42. The molecule has 0 spiro atoms. The fourth-order valence-corrected chi connectivity index (χ4v) is 6.42. The Morgan fingerprint density at radius 3 is 0.980 bits per heavy atom. The Kier molecular flexibility index (Phi) is 14.5. The highest BCUT2D eigenvalue weighted by Gasteiger charge is 2.57. The Bertz CT molecular complexity index is 1530. The van der Waals surface area contributed by atoms with Gasteiger partial charge in [-0.05, 0) is 109 Å². The average molecular weight is 677 g/mol. The number of aliphatic hydroxyl groups excluding tert-OH is 2. The molecule has 0 aliphatic rings. The lowest BCUT2D eigenvalue weighted by molar-refractivity contribution is 0.273. The van der Waals surface area contributed by atoms with E-state index in [0.717, 1.165) is 51.4 Å². The molecule has 2 N–H and O–H groups in total. The van der Waals surface area contributed by atoms with E-state index in [0.29, 0.717) is 58.5 Å². The van der Waals surface area contributed by atoms with Crippen LogP contribution in [0.25, 0.3) is 0 Å². The van der Waals surface area contributed by atoms with Crippen LogP contribution in [0.3, 0.4) is 0 Å². The molecule has 0 aliphatic heterocycles. The first kappa shape index (κ1) is 37.8. The van der Waals surface area contributed by atoms with Gasteiger partial charge in [-0.2, -0.15) is 10.5 Å². The number of methoxy groups -OCH3 is 2. The number of hydrogen-bond donors (Lipinski definition) is 2. The second-order valence-electron chi connectivity index (χ2n) is 12.2. The summed E-state index contributed by atoms with van der Waals surface area (Å²) in [6, 6.07) is 34.9. The molecule has 0 fully saturated rings. The van der Waals surface area contributed by atoms with E-state index in [1.54, 1.807) is 14.2 Å². The van der Waals surface area contributed by atoms with Crippen molar-refractivity contribution >= 4 is 0 Å². The number of nitriles is 2. The number of nitrogens with zero attached hydrogens (tertiary/aromatic N) is 2. The number of rotatable bonds is 21. The zero-order chi connectivity index (χ0) is 35.7. The van der Waals surface area contributed by atoms with E-state index in [1.165, 1.54) is 0 Å². The lowest BCUT2D eigenvalue weighted by atomic mass is 9.53. The molecular formula is C42H48N2O6. The second kappa shape index (κ2) is 19.2. The molecule has 0 aliphatic carbocycles. The molecule has 0 saturated carbocycles. The van der Waals surface area contributed by atoms with Crippen molar-refractivity contribution in [2.24, 2.45) is 0 Å². The summed E-state index contributed by atoms with van der Waals surface area (Å²) in [5, 5.41) is 41.1. The van der Waals surface area contributed by atoms with E-state index in [9.17, 15) is 10.5 Å². The quantitative estimate of drug-likeness (QED) is 0.0854. The predicted octanol–water partition coefficient (Wildman–Crippen LogP) is 7.89. The summed E-state index contributed by atoms with van der Waals surface area (Å²) < 4.78 is 23.0. The van der Waals surface area contributed by atoms with Gasteiger partial charge in [-0.25, -0.2) is 0 Å². The Labute approximate surface area is 296 Å². The van der Waals surface area contributed by atoms with Crippen molar-refractivity contribution in [2.45, 2.75) is 62.2 Å². The monoisotopic (exact) mass is 676 g/mol. The SMILES string of the molecule is COc1ccc(C(C#N)(c2ccc(OCCCCCCO)cc2)C(C#N)(c2ccc(OC)cc2)c2ccc(OCCCCCCO)cc2)cc1. The van der Waals surface area contributed by atoms with Gasteiger partial charge in [-0.15, -0.1) is 0 Å². The lowest BCUT2D eigenvalue weighted by Crippen LogP contribution is -2.49. The zero-order valence-electron chi connectivity index (χ0n) is 29.1. The van der Waals surface area contributed by atoms with Crippen LogP contribution in [-0.2, 0) is 10.8 Å². The predicted molar refractivity (Wildman–Crippen MR) is 194 cm³/mol. The van der Waals surface area contributed by atoms with Crippen molar-refractivity contribution < 1.29 is 29.2 Å². The normalized spacial score (nSPS) is 13.2. The second-order valence-corrected chi connectivity index (χ2v) is 12.2. The summed E-state index contributed by atoms with van der Waals surface area (Å²) >= 11 is 0. The standard InChI is InChI=1S/C42H48N2O6/c1-47-37-19-11-33(12-20-37)41(31-43,35-15-23-39(24-16-35)49-29-9-5-3-7-27-45)42(32-44,34-13-21-38(48-2)22-14-34)36-17-25-40(26-18-36)50-30-10-6-4-8-28-46/h11-26,45-46H,3-10,27-30H2,1-2H3. The van der Waals surface area contributed by atoms with Crippen molar-refractivity contribution in [3.63, 3.8) is 0 Å². The smallest absolute Gasteiger partial charge is 0.134 e. The van der Waals surface area contributed by atoms with Gasteiger partial charge in [0.05, 0.1) is 39.6 Å². The summed E-state index contributed by atoms with van der Waals surface area (Å²) in [5.74, 6) is 2.60. The number of benzene rings is 4. The molecule has 0 heterocycles. The van der Waals surface area contributed by atoms with Crippen molar-refractivity contribution in [1.82, 2.24) is 0 Å². The van der Waals surface area contributed by atoms with Crippen molar-refractivity contribution in [3.05, 3.63) is 119 Å². The maximum atomic E-state index is 11.5. The molecular weight excluding hydrogens is 628 g/mol. The van der Waals surface area contributed by atoms with Gasteiger partial charge < -0.3 is 29.2 Å². The first-order chi connectivity index (χ1) is 24.5. The molecule has 0 saturated heterocycles. The molecule has 0 aromatic heterocycles. The van der Waals surface area contributed by atoms with E-state index in [2.05, 4.69) is 12.1 Å². The third kappa shape index (κ3) is 8.58. The molecule has 8 heteroatoms. The maximum absolute atomic E-state index is 11.5. The third-order valence-corrected chi connectivity index (χ3v) is 9.16. The highest BCUT2D eigenvalue weighted by molar-refractivity contribution is 5.65. The molecule has 2 atom stereocenters. The molecule has 4 rings (SSSR count). The maximum Gasteiger partial charge on any atom is 0.134 e. The number of hydrogen-bond acceptors (Lipinski definition) is 8. The van der Waals surface area contributed by atoms with Gasteiger partial charge in [0.15, 0.2) is 0 Å². The molecule has 0 amide bonds. The first-order valence-corrected chi connectivity index (χ1v) is 17.3. The van der Waals surface area contributed by atoms with Gasteiger partial charge >= 0.3 is 0 Å². The van der Waals surface area contributed by atoms with Crippen LogP contribution in [0.1, 0.15) is 73.6 Å². The van der Waals surface area contributed by atoms with Crippen LogP contribution in [0, 0.1) is 22.7 Å². The molecule has 0 bridgehead atoms. The van der Waals surface area contributed by atoms with Crippen LogP contribution in [0.15, 0.2) is 97.1 Å². The minimum atomic E-state index is -1.54. The summed E-state index contributed by atoms with van der Waals surface area (Å²) in [4.78, 5) is 0. The summed E-state index contributed by atoms with van der Waals surface area (Å²) in [6.45, 7) is 1.47. The van der Waals surface area contributed by atoms with E-state index in [-0.39, 0.29) is 13.2 Å². The molecule has 50 heavy (non-hydrogen) atoms. The van der Waals surface area contributed by atoms with Crippen LogP contribution in [0.5, 0.6) is 23.0 Å². The van der Waals surface area contributed by atoms with Crippen molar-refractivity contribution in [3.8, 4) is 35.1 Å². The zero-order valence-corrected chi connectivity index (χ0v) is 29.1. The Hall–Kier alpha value is -5.02. The summed E-state index contributed by atoms with van der Waals surface area (Å²) in [5.41, 5.74) is -0.582. The van der Waals surface area contributed by atoms with E-state index < -0.39 is 10.8 Å². The minimum Gasteiger partial charge on any atom is -0.497 e. The largest absolute Gasteiger partial charge is 0.497 e. The topological polar surface area (TPSA) is 125 Å². The Morgan fingerprint density at radius 2 is 0.720 bits per heavy atom. The van der Waals surface area contributed by atoms with Gasteiger partial charge in [0.25, 0.3) is 0 Å². The summed E-state index contributed by atoms with van der Waals surface area (Å²) in [7, 11) is 3.18. The summed E-state index contributed by atoms with van der Waals surface area (Å²) in [6.07, 6.45) is 7.14. The van der Waals surface area contributed by atoms with E-state index in [4.69, 9.17) is 29.2 Å². The lowest BCUT2D eigenvalue weighted by Gasteiger charge is -2.43. The Balaban J connectivity index is 1.84. The fraction of sp³-hybridized carbons (Fsp3) is 0.381. The minimum absolute atomic E-state index is 0.197. The third-order valence-electron chi connectivity index (χ3n) is 9.16. The number of ether oxygens (including phenoxy) is 4. The number of aliphatic hydroxyl groups is 2. The van der Waals surface area contributed by atoms with Crippen molar-refractivity contribution in [2.75, 3.05) is 40.6 Å². The van der Waals surface area contributed by atoms with Gasteiger partial charge in [0, 0.05) is 13.2 Å². The van der Waals surface area contributed by atoms with Gasteiger partial charge in [0.2, 0.25) is 0 Å². The Morgan fingerprint density at radius 1 is 0.440 bits per heavy atom. The van der Waals surface area contributed by atoms with Crippen LogP contribution in [-0.4, -0.2) is 50.9 Å². The van der Waals surface area contributed by atoms with Crippen molar-refractivity contribution in [1.29, 1.82) is 10.5 Å². The van der Waals surface area contributed by atoms with Crippen LogP contribution in [0.4, 0.5) is 0 Å². The highest BCUT2D eigenvalue weighted by atomic mass is 16.5. The molecule has 8 nitrogen and oxygen atoms in total. The van der Waals surface area contributed by atoms with E-state index in [1.807, 2.05) is 97.1 Å². The molecule has 2 unspecified atom stereocenters. The molecule has 4 aromatic carbocycles. The van der Waals surface area contributed by atoms with Gasteiger partial charge in [0.1, 0.15) is 33.8 Å². The number of unbranched alkanes of at least 4 members (excludes halogenated alkanes) is 6. The van der Waals surface area contributed by atoms with Crippen LogP contribution in [0.2, 0.25) is 0 Å². The molecule has 0 radical (unpaired) electrons. The average Bonchev–Trinajstić information content (AvgIpc) is 3.17. The highest BCUT2D eigenvalue weighted by Crippen LogP contribution is 2.53. The molecule has 4 aromatic rings. The van der Waals surface area contributed by atoms with E-state index >= 15 is 0 Å². The van der Waals surface area contributed by atoms with Gasteiger partial charge in [-0.3, -0.25) is 0 Å². The van der Waals surface area contributed by atoms with Crippen LogP contribution < -0.4 is 18.9 Å². The molecule has 262 valence electrons. The van der Waals surface area contributed by atoms with Gasteiger partial charge in [-0.1, -0.05) is 61.4 Å².